The number of anilines is 1. The molecule has 1 aromatic rings. The van der Waals surface area contributed by atoms with Crippen LogP contribution in [0.1, 0.15) is 11.7 Å². The summed E-state index contributed by atoms with van der Waals surface area (Å²) in [6.07, 6.45) is 0.309. The van der Waals surface area contributed by atoms with Gasteiger partial charge in [-0.3, -0.25) is 4.79 Å². The maximum Gasteiger partial charge on any atom is 0.234 e. The molecule has 0 aromatic heterocycles. The lowest BCUT2D eigenvalue weighted by Crippen LogP contribution is -1.97. The van der Waals surface area contributed by atoms with Crippen molar-refractivity contribution in [2.75, 3.05) is 5.73 Å². The van der Waals surface area contributed by atoms with Crippen LogP contribution in [-0.2, 0) is 4.79 Å². The third-order valence-electron chi connectivity index (χ3n) is 1.36. The number of nitrogen functional groups attached to an aromatic ring is 1. The van der Waals surface area contributed by atoms with E-state index in [1.54, 1.807) is 24.3 Å². The zero-order valence-electron chi connectivity index (χ0n) is 5.82. The lowest BCUT2D eigenvalue weighted by atomic mass is 10.1. The molecule has 0 aliphatic carbocycles. The number of nitrogens with two attached hydrogens (primary N) is 1. The van der Waals surface area contributed by atoms with E-state index in [1.165, 1.54) is 6.29 Å². The molecule has 0 aliphatic heterocycles. The van der Waals surface area contributed by atoms with Crippen LogP contribution < -0.4 is 5.73 Å². The largest absolute Gasteiger partial charge is 0.399 e. The summed E-state index contributed by atoms with van der Waals surface area (Å²) in [6, 6.07) is 6.42. The molecular formula is C8H8NO2. The standard InChI is InChI=1S/C8H8NO2/c9-7-3-1-6(2-4-7)8(11)5-10/h1-4,8,11H,9H2. The number of benzene rings is 1. The van der Waals surface area contributed by atoms with Gasteiger partial charge in [0.2, 0.25) is 6.29 Å². The summed E-state index contributed by atoms with van der Waals surface area (Å²) in [5, 5.41) is 8.96. The van der Waals surface area contributed by atoms with Crippen LogP contribution in [0.3, 0.4) is 0 Å². The minimum absolute atomic E-state index is 0.509. The molecule has 3 N–H and O–H groups in total. The van der Waals surface area contributed by atoms with Crippen LogP contribution in [0.15, 0.2) is 24.3 Å². The van der Waals surface area contributed by atoms with Crippen LogP contribution >= 0.6 is 0 Å². The number of carbonyl (C=O) groups excluding carboxylic acids is 1. The van der Waals surface area contributed by atoms with Crippen molar-refractivity contribution in [3.05, 3.63) is 29.8 Å². The van der Waals surface area contributed by atoms with E-state index in [2.05, 4.69) is 0 Å². The summed E-state index contributed by atoms with van der Waals surface area (Å²) in [6.45, 7) is 0. The smallest absolute Gasteiger partial charge is 0.234 e. The molecule has 1 aromatic carbocycles. The first kappa shape index (κ1) is 7.75. The molecule has 1 atom stereocenters. The first-order valence-electron chi connectivity index (χ1n) is 3.15. The van der Waals surface area contributed by atoms with Crippen LogP contribution in [0.2, 0.25) is 0 Å². The number of aliphatic hydroxyl groups is 1. The van der Waals surface area contributed by atoms with Gasteiger partial charge in [-0.15, -0.1) is 0 Å². The molecule has 1 unspecified atom stereocenters. The molecular weight excluding hydrogens is 142 g/mol. The van der Waals surface area contributed by atoms with Gasteiger partial charge in [-0.25, -0.2) is 0 Å². The topological polar surface area (TPSA) is 63.3 Å². The Hall–Kier alpha value is -1.35. The van der Waals surface area contributed by atoms with Crippen LogP contribution in [0.25, 0.3) is 0 Å². The second-order valence-electron chi connectivity index (χ2n) is 2.19. The summed E-state index contributed by atoms with van der Waals surface area (Å²) in [4.78, 5) is 9.98. The van der Waals surface area contributed by atoms with Crippen molar-refractivity contribution >= 4 is 12.0 Å². The predicted molar refractivity (Wildman–Crippen MR) is 41.5 cm³/mol. The second-order valence-corrected chi connectivity index (χ2v) is 2.19. The molecule has 0 saturated heterocycles. The average Bonchev–Trinajstić information content (AvgIpc) is 2.05. The van der Waals surface area contributed by atoms with Crippen molar-refractivity contribution < 1.29 is 9.90 Å². The minimum atomic E-state index is -1.16. The molecule has 57 valence electrons. The second kappa shape index (κ2) is 3.16. The minimum Gasteiger partial charge on any atom is -0.399 e. The lowest BCUT2D eigenvalue weighted by Gasteiger charge is -2.01. The van der Waals surface area contributed by atoms with Gasteiger partial charge in [0.25, 0.3) is 0 Å². The average molecular weight is 150 g/mol. The molecule has 3 heteroatoms. The third-order valence-corrected chi connectivity index (χ3v) is 1.36. The van der Waals surface area contributed by atoms with E-state index < -0.39 is 6.10 Å². The Morgan fingerprint density at radius 2 is 1.91 bits per heavy atom. The zero-order chi connectivity index (χ0) is 8.27. The zero-order valence-corrected chi connectivity index (χ0v) is 5.82. The third kappa shape index (κ3) is 1.78. The van der Waals surface area contributed by atoms with Gasteiger partial charge < -0.3 is 10.8 Å². The van der Waals surface area contributed by atoms with Gasteiger partial charge in [0.15, 0.2) is 0 Å². The molecule has 0 bridgehead atoms. The van der Waals surface area contributed by atoms with Crippen molar-refractivity contribution in [1.29, 1.82) is 0 Å². The first-order chi connectivity index (χ1) is 5.24. The lowest BCUT2D eigenvalue weighted by molar-refractivity contribution is 0.240. The van der Waals surface area contributed by atoms with Crippen molar-refractivity contribution in [2.24, 2.45) is 0 Å². The highest BCUT2D eigenvalue weighted by Crippen LogP contribution is 2.11. The number of aliphatic hydroxyl groups excluding tert-OH is 1. The summed E-state index contributed by atoms with van der Waals surface area (Å²) >= 11 is 0. The molecule has 1 radical (unpaired) electrons. The number of hydrogen-bond donors (Lipinski definition) is 2. The molecule has 3 nitrogen and oxygen atoms in total. The van der Waals surface area contributed by atoms with Crippen LogP contribution in [0, 0.1) is 0 Å². The van der Waals surface area contributed by atoms with Gasteiger partial charge in [0.1, 0.15) is 6.10 Å². The Morgan fingerprint density at radius 3 is 2.36 bits per heavy atom. The van der Waals surface area contributed by atoms with E-state index in [9.17, 15) is 4.79 Å². The van der Waals surface area contributed by atoms with Gasteiger partial charge in [-0.1, -0.05) is 12.1 Å². The SMILES string of the molecule is Nc1ccc(C(O)[C]=O)cc1. The summed E-state index contributed by atoms with van der Waals surface area (Å²) < 4.78 is 0. The van der Waals surface area contributed by atoms with Crippen molar-refractivity contribution in [2.45, 2.75) is 6.10 Å². The highest BCUT2D eigenvalue weighted by molar-refractivity contribution is 5.60. The Balaban J connectivity index is 2.89. The van der Waals surface area contributed by atoms with Crippen LogP contribution in [0.5, 0.6) is 0 Å². The van der Waals surface area contributed by atoms with Crippen LogP contribution in [0.4, 0.5) is 5.69 Å². The molecule has 0 spiro atoms. The molecule has 11 heavy (non-hydrogen) atoms. The fourth-order valence-corrected chi connectivity index (χ4v) is 0.746. The summed E-state index contributed by atoms with van der Waals surface area (Å²) in [7, 11) is 0. The Kier molecular flexibility index (Phi) is 2.23. The monoisotopic (exact) mass is 150 g/mol. The fourth-order valence-electron chi connectivity index (χ4n) is 0.746. The Labute approximate surface area is 64.5 Å². The summed E-state index contributed by atoms with van der Waals surface area (Å²) in [5.41, 5.74) is 6.50. The van der Waals surface area contributed by atoms with Crippen LogP contribution in [-0.4, -0.2) is 11.4 Å². The van der Waals surface area contributed by atoms with E-state index in [0.29, 0.717) is 11.3 Å². The maximum atomic E-state index is 9.98. The first-order valence-corrected chi connectivity index (χ1v) is 3.15. The van der Waals surface area contributed by atoms with Gasteiger partial charge in [-0.05, 0) is 17.7 Å². The Morgan fingerprint density at radius 1 is 1.36 bits per heavy atom. The van der Waals surface area contributed by atoms with Gasteiger partial charge in [0.05, 0.1) is 0 Å². The quantitative estimate of drug-likeness (QED) is 0.600. The van der Waals surface area contributed by atoms with E-state index in [1.807, 2.05) is 0 Å². The van der Waals surface area contributed by atoms with Crippen molar-refractivity contribution in [1.82, 2.24) is 0 Å². The summed E-state index contributed by atoms with van der Waals surface area (Å²) in [5.74, 6) is 0. The molecule has 0 heterocycles. The highest BCUT2D eigenvalue weighted by atomic mass is 16.3. The number of rotatable bonds is 2. The molecule has 0 saturated carbocycles. The van der Waals surface area contributed by atoms with Gasteiger partial charge >= 0.3 is 0 Å². The normalized spacial score (nSPS) is 12.5. The maximum absolute atomic E-state index is 9.98. The predicted octanol–water partition coefficient (Wildman–Crippen LogP) is 0.412. The Bertz CT molecular complexity index is 243. The molecule has 1 rings (SSSR count). The van der Waals surface area contributed by atoms with E-state index in [-0.39, 0.29) is 0 Å². The fraction of sp³-hybridized carbons (Fsp3) is 0.125. The van der Waals surface area contributed by atoms with E-state index >= 15 is 0 Å². The van der Waals surface area contributed by atoms with Gasteiger partial charge in [0, 0.05) is 5.69 Å². The molecule has 0 fully saturated rings. The number of hydrogen-bond acceptors (Lipinski definition) is 3. The van der Waals surface area contributed by atoms with E-state index in [4.69, 9.17) is 10.8 Å². The van der Waals surface area contributed by atoms with Crippen molar-refractivity contribution in [3.8, 4) is 0 Å². The van der Waals surface area contributed by atoms with Gasteiger partial charge in [-0.2, -0.15) is 0 Å². The molecule has 0 amide bonds. The molecule has 0 aliphatic rings. The highest BCUT2D eigenvalue weighted by Gasteiger charge is 2.04. The van der Waals surface area contributed by atoms with Crippen molar-refractivity contribution in [3.63, 3.8) is 0 Å². The van der Waals surface area contributed by atoms with E-state index in [0.717, 1.165) is 0 Å².